The quantitative estimate of drug-likeness (QED) is 0.729. The first-order valence-corrected chi connectivity index (χ1v) is 8.61. The van der Waals surface area contributed by atoms with Crippen molar-refractivity contribution in [3.8, 4) is 0 Å². The Hall–Kier alpha value is -3.41. The molecule has 0 atom stereocenters. The number of nitrogens with one attached hydrogen (secondary N) is 2. The topological polar surface area (TPSA) is 80.3 Å². The van der Waals surface area contributed by atoms with Crippen LogP contribution in [-0.2, 0) is 17.8 Å². The lowest BCUT2D eigenvalue weighted by Gasteiger charge is -2.10. The highest BCUT2D eigenvalue weighted by Gasteiger charge is 2.11. The van der Waals surface area contributed by atoms with Crippen LogP contribution in [0.25, 0.3) is 10.9 Å². The summed E-state index contributed by atoms with van der Waals surface area (Å²) >= 11 is 0. The molecule has 0 fully saturated rings. The largest absolute Gasteiger partial charge is 0.453 e. The van der Waals surface area contributed by atoms with E-state index in [1.165, 1.54) is 7.11 Å². The first kappa shape index (κ1) is 18.4. The summed E-state index contributed by atoms with van der Waals surface area (Å²) in [5.74, 6) is -0.131. The zero-order valence-electron chi connectivity index (χ0n) is 15.3. The lowest BCUT2D eigenvalue weighted by Crippen LogP contribution is -2.23. The standard InChI is InChI=1S/C21H21N3O3/c1-14-11-18(17-5-3-4-6-19(17)24-14)20(25)22-12-15-7-9-16(10-8-15)13-23-21(26)27-2/h3-11H,12-13H2,1-2H3,(H,22,25)(H,23,26). The summed E-state index contributed by atoms with van der Waals surface area (Å²) in [5.41, 5.74) is 4.16. The summed E-state index contributed by atoms with van der Waals surface area (Å²) in [7, 11) is 1.33. The van der Waals surface area contributed by atoms with Crippen LogP contribution in [0.2, 0.25) is 0 Å². The van der Waals surface area contributed by atoms with Crippen molar-refractivity contribution in [1.29, 1.82) is 0 Å². The van der Waals surface area contributed by atoms with Crippen molar-refractivity contribution in [2.75, 3.05) is 7.11 Å². The van der Waals surface area contributed by atoms with Gasteiger partial charge in [-0.05, 0) is 30.2 Å². The highest BCUT2D eigenvalue weighted by molar-refractivity contribution is 6.06. The zero-order valence-corrected chi connectivity index (χ0v) is 15.3. The van der Waals surface area contributed by atoms with Gasteiger partial charge in [-0.15, -0.1) is 0 Å². The van der Waals surface area contributed by atoms with Gasteiger partial charge in [0.2, 0.25) is 0 Å². The SMILES string of the molecule is COC(=O)NCc1ccc(CNC(=O)c2cc(C)nc3ccccc23)cc1. The third-order valence-electron chi connectivity index (χ3n) is 4.19. The average Bonchev–Trinajstić information content (AvgIpc) is 2.70. The maximum Gasteiger partial charge on any atom is 0.407 e. The molecule has 1 heterocycles. The maximum absolute atomic E-state index is 12.7. The maximum atomic E-state index is 12.7. The Morgan fingerprint density at radius 1 is 0.963 bits per heavy atom. The number of ether oxygens (including phenoxy) is 1. The van der Waals surface area contributed by atoms with E-state index in [1.54, 1.807) is 6.07 Å². The van der Waals surface area contributed by atoms with Crippen LogP contribution in [0.15, 0.2) is 54.6 Å². The lowest BCUT2D eigenvalue weighted by atomic mass is 10.1. The van der Waals surface area contributed by atoms with Crippen LogP contribution in [0.3, 0.4) is 0 Å². The minimum atomic E-state index is -0.466. The smallest absolute Gasteiger partial charge is 0.407 e. The van der Waals surface area contributed by atoms with E-state index in [0.717, 1.165) is 27.7 Å². The van der Waals surface area contributed by atoms with Crippen molar-refractivity contribution in [3.63, 3.8) is 0 Å². The summed E-state index contributed by atoms with van der Waals surface area (Å²) in [6.07, 6.45) is -0.466. The molecule has 3 rings (SSSR count). The Balaban J connectivity index is 1.65. The number of aryl methyl sites for hydroxylation is 1. The van der Waals surface area contributed by atoms with Crippen molar-refractivity contribution >= 4 is 22.9 Å². The highest BCUT2D eigenvalue weighted by Crippen LogP contribution is 2.18. The van der Waals surface area contributed by atoms with Gasteiger partial charge in [-0.2, -0.15) is 0 Å². The second kappa shape index (κ2) is 8.31. The summed E-state index contributed by atoms with van der Waals surface area (Å²) < 4.78 is 4.54. The van der Waals surface area contributed by atoms with Crippen LogP contribution in [0.1, 0.15) is 27.2 Å². The Bertz CT molecular complexity index is 968. The third kappa shape index (κ3) is 4.61. The predicted octanol–water partition coefficient (Wildman–Crippen LogP) is 3.33. The van der Waals surface area contributed by atoms with Crippen molar-refractivity contribution in [2.45, 2.75) is 20.0 Å². The molecule has 0 aliphatic rings. The highest BCUT2D eigenvalue weighted by atomic mass is 16.5. The predicted molar refractivity (Wildman–Crippen MR) is 103 cm³/mol. The van der Waals surface area contributed by atoms with Gasteiger partial charge in [0.15, 0.2) is 0 Å². The average molecular weight is 363 g/mol. The molecular formula is C21H21N3O3. The number of para-hydroxylation sites is 1. The Morgan fingerprint density at radius 3 is 2.26 bits per heavy atom. The molecule has 2 N–H and O–H groups in total. The molecule has 0 saturated carbocycles. The number of carbonyl (C=O) groups is 2. The van der Waals surface area contributed by atoms with E-state index in [0.29, 0.717) is 18.7 Å². The first-order chi connectivity index (χ1) is 13.1. The van der Waals surface area contributed by atoms with Gasteiger partial charge >= 0.3 is 6.09 Å². The van der Waals surface area contributed by atoms with E-state index in [-0.39, 0.29) is 5.91 Å². The number of hydrogen-bond acceptors (Lipinski definition) is 4. The second-order valence-corrected chi connectivity index (χ2v) is 6.17. The van der Waals surface area contributed by atoms with E-state index >= 15 is 0 Å². The number of nitrogens with zero attached hydrogens (tertiary/aromatic N) is 1. The number of benzene rings is 2. The molecule has 0 spiro atoms. The summed E-state index contributed by atoms with van der Waals surface area (Å²) in [4.78, 5) is 28.2. The van der Waals surface area contributed by atoms with Crippen molar-refractivity contribution in [3.05, 3.63) is 77.0 Å². The molecule has 27 heavy (non-hydrogen) atoms. The Kier molecular flexibility index (Phi) is 5.66. The summed E-state index contributed by atoms with van der Waals surface area (Å²) in [6.45, 7) is 2.69. The first-order valence-electron chi connectivity index (χ1n) is 8.61. The number of aromatic nitrogens is 1. The summed E-state index contributed by atoms with van der Waals surface area (Å²) in [5, 5.41) is 6.42. The number of rotatable bonds is 5. The second-order valence-electron chi connectivity index (χ2n) is 6.17. The zero-order chi connectivity index (χ0) is 19.2. The third-order valence-corrected chi connectivity index (χ3v) is 4.19. The fourth-order valence-corrected chi connectivity index (χ4v) is 2.79. The van der Waals surface area contributed by atoms with E-state index in [1.807, 2.05) is 55.5 Å². The molecule has 0 unspecified atom stereocenters. The van der Waals surface area contributed by atoms with E-state index < -0.39 is 6.09 Å². The van der Waals surface area contributed by atoms with E-state index in [9.17, 15) is 9.59 Å². The van der Waals surface area contributed by atoms with Gasteiger partial charge in [-0.3, -0.25) is 9.78 Å². The lowest BCUT2D eigenvalue weighted by molar-refractivity contribution is 0.0952. The van der Waals surface area contributed by atoms with Crippen LogP contribution in [0.4, 0.5) is 4.79 Å². The monoisotopic (exact) mass is 363 g/mol. The van der Waals surface area contributed by atoms with Gasteiger partial charge in [0.25, 0.3) is 5.91 Å². The van der Waals surface area contributed by atoms with Gasteiger partial charge in [0.05, 0.1) is 18.2 Å². The Morgan fingerprint density at radius 2 is 1.59 bits per heavy atom. The van der Waals surface area contributed by atoms with Crippen LogP contribution >= 0.6 is 0 Å². The number of hydrogen-bond donors (Lipinski definition) is 2. The fraction of sp³-hybridized carbons (Fsp3) is 0.190. The molecule has 0 saturated heterocycles. The molecule has 2 amide bonds. The number of pyridine rings is 1. The minimum Gasteiger partial charge on any atom is -0.453 e. The van der Waals surface area contributed by atoms with Crippen molar-refractivity contribution < 1.29 is 14.3 Å². The van der Waals surface area contributed by atoms with Gasteiger partial charge in [0, 0.05) is 24.2 Å². The number of carbonyl (C=O) groups excluding carboxylic acids is 2. The molecule has 0 radical (unpaired) electrons. The van der Waals surface area contributed by atoms with Crippen LogP contribution in [0, 0.1) is 6.92 Å². The molecular weight excluding hydrogens is 342 g/mol. The van der Waals surface area contributed by atoms with Crippen LogP contribution < -0.4 is 10.6 Å². The molecule has 138 valence electrons. The number of fused-ring (bicyclic) bond motifs is 1. The number of alkyl carbamates (subject to hydrolysis) is 1. The van der Waals surface area contributed by atoms with E-state index in [2.05, 4.69) is 20.4 Å². The minimum absolute atomic E-state index is 0.131. The summed E-state index contributed by atoms with van der Waals surface area (Å²) in [6, 6.07) is 17.1. The molecule has 6 nitrogen and oxygen atoms in total. The van der Waals surface area contributed by atoms with Crippen molar-refractivity contribution in [2.24, 2.45) is 0 Å². The van der Waals surface area contributed by atoms with Gasteiger partial charge in [-0.25, -0.2) is 4.79 Å². The number of methoxy groups -OCH3 is 1. The Labute approximate surface area is 157 Å². The van der Waals surface area contributed by atoms with Gasteiger partial charge in [-0.1, -0.05) is 42.5 Å². The molecule has 6 heteroatoms. The van der Waals surface area contributed by atoms with Crippen molar-refractivity contribution in [1.82, 2.24) is 15.6 Å². The molecule has 0 bridgehead atoms. The molecule has 3 aromatic rings. The molecule has 2 aromatic carbocycles. The van der Waals surface area contributed by atoms with E-state index in [4.69, 9.17) is 0 Å². The normalized spacial score (nSPS) is 10.4. The fourth-order valence-electron chi connectivity index (χ4n) is 2.79. The van der Waals surface area contributed by atoms with Crippen LogP contribution in [-0.4, -0.2) is 24.1 Å². The molecule has 0 aliphatic carbocycles. The van der Waals surface area contributed by atoms with Crippen LogP contribution in [0.5, 0.6) is 0 Å². The molecule has 1 aromatic heterocycles. The van der Waals surface area contributed by atoms with Gasteiger partial charge in [0.1, 0.15) is 0 Å². The van der Waals surface area contributed by atoms with Gasteiger partial charge < -0.3 is 15.4 Å². The molecule has 0 aliphatic heterocycles. The number of amides is 2.